The van der Waals surface area contributed by atoms with E-state index in [1.165, 1.54) is 6.08 Å². The van der Waals surface area contributed by atoms with Crippen molar-refractivity contribution in [2.75, 3.05) is 20.8 Å². The van der Waals surface area contributed by atoms with Crippen molar-refractivity contribution in [1.29, 1.82) is 0 Å². The zero-order valence-corrected chi connectivity index (χ0v) is 18.4. The van der Waals surface area contributed by atoms with E-state index in [1.807, 2.05) is 19.1 Å². The second kappa shape index (κ2) is 10.1. The Bertz CT molecular complexity index is 1170. The molecular weight excluding hydrogens is 418 g/mol. The number of halogens is 1. The van der Waals surface area contributed by atoms with Crippen LogP contribution in [0.3, 0.4) is 0 Å². The van der Waals surface area contributed by atoms with Gasteiger partial charge in [0.2, 0.25) is 5.91 Å². The molecule has 1 heterocycles. The van der Waals surface area contributed by atoms with Crippen molar-refractivity contribution in [2.24, 2.45) is 0 Å². The standard InChI is InChI=1S/C23H24ClN3O4/c1-4-12-27(14-20-25-18-13-16(24)9-10-17(18)23(29)26-20)21(28)11-8-15-6-5-7-19(30-2)22(15)31-3/h5-11,13H,4,12,14H2,1-3H3,(H,25,26,29)/b11-8+. The number of amides is 1. The number of hydrogen-bond donors (Lipinski definition) is 1. The van der Waals surface area contributed by atoms with E-state index in [1.54, 1.807) is 49.5 Å². The van der Waals surface area contributed by atoms with Crippen LogP contribution in [0.1, 0.15) is 24.7 Å². The van der Waals surface area contributed by atoms with Gasteiger partial charge in [-0.2, -0.15) is 0 Å². The van der Waals surface area contributed by atoms with Crippen LogP contribution in [0, 0.1) is 0 Å². The van der Waals surface area contributed by atoms with E-state index in [4.69, 9.17) is 21.1 Å². The quantitative estimate of drug-likeness (QED) is 0.533. The lowest BCUT2D eigenvalue weighted by atomic mass is 10.1. The molecule has 0 radical (unpaired) electrons. The third-order valence-corrected chi connectivity index (χ3v) is 4.94. The Morgan fingerprint density at radius 3 is 2.74 bits per heavy atom. The molecule has 31 heavy (non-hydrogen) atoms. The molecule has 162 valence electrons. The van der Waals surface area contributed by atoms with Crippen LogP contribution in [0.25, 0.3) is 17.0 Å². The lowest BCUT2D eigenvalue weighted by Gasteiger charge is -2.20. The Hall–Kier alpha value is -3.32. The summed E-state index contributed by atoms with van der Waals surface area (Å²) >= 11 is 6.03. The number of ether oxygens (including phenoxy) is 2. The summed E-state index contributed by atoms with van der Waals surface area (Å²) in [5.41, 5.74) is 0.947. The Balaban J connectivity index is 1.86. The molecule has 8 heteroatoms. The van der Waals surface area contributed by atoms with E-state index in [9.17, 15) is 9.59 Å². The van der Waals surface area contributed by atoms with Crippen LogP contribution in [0.5, 0.6) is 11.5 Å². The molecule has 1 N–H and O–H groups in total. The summed E-state index contributed by atoms with van der Waals surface area (Å²) in [6, 6.07) is 10.4. The third kappa shape index (κ3) is 5.24. The number of aromatic nitrogens is 2. The second-order valence-corrected chi connectivity index (χ2v) is 7.29. The number of methoxy groups -OCH3 is 2. The average Bonchev–Trinajstić information content (AvgIpc) is 2.76. The smallest absolute Gasteiger partial charge is 0.258 e. The number of H-pyrrole nitrogens is 1. The molecular formula is C23H24ClN3O4. The van der Waals surface area contributed by atoms with E-state index in [-0.39, 0.29) is 18.0 Å². The Labute approximate surface area is 185 Å². The molecule has 3 rings (SSSR count). The summed E-state index contributed by atoms with van der Waals surface area (Å²) in [4.78, 5) is 34.1. The van der Waals surface area contributed by atoms with Crippen LogP contribution in [-0.4, -0.2) is 41.5 Å². The fourth-order valence-corrected chi connectivity index (χ4v) is 3.43. The SMILES string of the molecule is CCCN(Cc1nc2cc(Cl)ccc2c(=O)[nH]1)C(=O)/C=C/c1cccc(OC)c1OC. The molecule has 0 bridgehead atoms. The molecule has 0 atom stereocenters. The fourth-order valence-electron chi connectivity index (χ4n) is 3.26. The maximum Gasteiger partial charge on any atom is 0.258 e. The highest BCUT2D eigenvalue weighted by molar-refractivity contribution is 6.31. The molecule has 0 spiro atoms. The third-order valence-electron chi connectivity index (χ3n) is 4.70. The van der Waals surface area contributed by atoms with Crippen LogP contribution < -0.4 is 15.0 Å². The normalized spacial score (nSPS) is 11.1. The van der Waals surface area contributed by atoms with E-state index in [0.717, 1.165) is 12.0 Å². The molecule has 0 unspecified atom stereocenters. The van der Waals surface area contributed by atoms with Crippen molar-refractivity contribution >= 4 is 34.5 Å². The summed E-state index contributed by atoms with van der Waals surface area (Å²) < 4.78 is 10.7. The number of hydrogen-bond acceptors (Lipinski definition) is 5. The van der Waals surface area contributed by atoms with Gasteiger partial charge in [-0.25, -0.2) is 4.98 Å². The van der Waals surface area contributed by atoms with Gasteiger partial charge in [-0.05, 0) is 36.8 Å². The van der Waals surface area contributed by atoms with Crippen molar-refractivity contribution in [2.45, 2.75) is 19.9 Å². The lowest BCUT2D eigenvalue weighted by Crippen LogP contribution is -2.31. The van der Waals surface area contributed by atoms with Gasteiger partial charge in [0.05, 0.1) is 31.7 Å². The Morgan fingerprint density at radius 2 is 2.03 bits per heavy atom. The Kier molecular flexibility index (Phi) is 7.31. The minimum atomic E-state index is -0.266. The number of benzene rings is 2. The van der Waals surface area contributed by atoms with Gasteiger partial charge in [0.25, 0.3) is 5.56 Å². The maximum atomic E-state index is 12.9. The molecule has 0 aliphatic carbocycles. The molecule has 3 aromatic rings. The minimum absolute atomic E-state index is 0.171. The first kappa shape index (κ1) is 22.4. The van der Waals surface area contributed by atoms with Gasteiger partial charge in [0, 0.05) is 23.2 Å². The molecule has 2 aromatic carbocycles. The van der Waals surface area contributed by atoms with E-state index < -0.39 is 0 Å². The summed E-state index contributed by atoms with van der Waals surface area (Å²) in [6.45, 7) is 2.66. The van der Waals surface area contributed by atoms with Crippen LogP contribution in [0.2, 0.25) is 5.02 Å². The summed E-state index contributed by atoms with van der Waals surface area (Å²) in [6.07, 6.45) is 3.91. The summed E-state index contributed by atoms with van der Waals surface area (Å²) in [7, 11) is 3.11. The molecule has 0 fully saturated rings. The van der Waals surface area contributed by atoms with Gasteiger partial charge in [-0.3, -0.25) is 9.59 Å². The highest BCUT2D eigenvalue weighted by Crippen LogP contribution is 2.31. The highest BCUT2D eigenvalue weighted by Gasteiger charge is 2.14. The van der Waals surface area contributed by atoms with Crippen molar-refractivity contribution in [1.82, 2.24) is 14.9 Å². The van der Waals surface area contributed by atoms with Gasteiger partial charge in [0.1, 0.15) is 5.82 Å². The van der Waals surface area contributed by atoms with Crippen molar-refractivity contribution in [3.05, 3.63) is 69.2 Å². The number of fused-ring (bicyclic) bond motifs is 1. The average molecular weight is 442 g/mol. The topological polar surface area (TPSA) is 84.5 Å². The largest absolute Gasteiger partial charge is 0.493 e. The number of rotatable bonds is 8. The van der Waals surface area contributed by atoms with Crippen LogP contribution >= 0.6 is 11.6 Å². The molecule has 1 amide bonds. The molecule has 7 nitrogen and oxygen atoms in total. The van der Waals surface area contributed by atoms with Crippen LogP contribution in [0.4, 0.5) is 0 Å². The van der Waals surface area contributed by atoms with Crippen molar-refractivity contribution < 1.29 is 14.3 Å². The lowest BCUT2D eigenvalue weighted by molar-refractivity contribution is -0.126. The second-order valence-electron chi connectivity index (χ2n) is 6.85. The maximum absolute atomic E-state index is 12.9. The first-order valence-corrected chi connectivity index (χ1v) is 10.2. The van der Waals surface area contributed by atoms with Crippen molar-refractivity contribution in [3.63, 3.8) is 0 Å². The zero-order valence-electron chi connectivity index (χ0n) is 17.6. The predicted octanol–water partition coefficient (Wildman–Crippen LogP) is 4.05. The number of carbonyl (C=O) groups is 1. The Morgan fingerprint density at radius 1 is 1.23 bits per heavy atom. The van der Waals surface area contributed by atoms with Gasteiger partial charge >= 0.3 is 0 Å². The first-order chi connectivity index (χ1) is 15.0. The van der Waals surface area contributed by atoms with Crippen LogP contribution in [0.15, 0.2) is 47.3 Å². The van der Waals surface area contributed by atoms with Gasteiger partial charge in [0.15, 0.2) is 11.5 Å². The summed E-state index contributed by atoms with van der Waals surface area (Å²) in [5.74, 6) is 1.32. The monoisotopic (exact) mass is 441 g/mol. The van der Waals surface area contributed by atoms with Gasteiger partial charge in [-0.15, -0.1) is 0 Å². The zero-order chi connectivity index (χ0) is 22.4. The van der Waals surface area contributed by atoms with Gasteiger partial charge < -0.3 is 19.4 Å². The number of carbonyl (C=O) groups excluding carboxylic acids is 1. The van der Waals surface area contributed by atoms with E-state index in [2.05, 4.69) is 9.97 Å². The molecule has 1 aromatic heterocycles. The van der Waals surface area contributed by atoms with E-state index >= 15 is 0 Å². The molecule has 0 saturated carbocycles. The number of aromatic amines is 1. The fraction of sp³-hybridized carbons (Fsp3) is 0.261. The number of para-hydroxylation sites is 1. The molecule has 0 saturated heterocycles. The minimum Gasteiger partial charge on any atom is -0.493 e. The highest BCUT2D eigenvalue weighted by atomic mass is 35.5. The van der Waals surface area contributed by atoms with Gasteiger partial charge in [-0.1, -0.05) is 30.7 Å². The summed E-state index contributed by atoms with van der Waals surface area (Å²) in [5, 5.41) is 0.944. The number of nitrogens with zero attached hydrogens (tertiary/aromatic N) is 2. The van der Waals surface area contributed by atoms with Crippen LogP contribution in [-0.2, 0) is 11.3 Å². The molecule has 0 aliphatic rings. The molecule has 0 aliphatic heterocycles. The van der Waals surface area contributed by atoms with Crippen molar-refractivity contribution in [3.8, 4) is 11.5 Å². The number of nitrogens with one attached hydrogen (secondary N) is 1. The first-order valence-electron chi connectivity index (χ1n) is 9.83. The van der Waals surface area contributed by atoms with E-state index in [0.29, 0.717) is 39.8 Å². The predicted molar refractivity (Wildman–Crippen MR) is 122 cm³/mol.